The Bertz CT molecular complexity index is 902. The van der Waals surface area contributed by atoms with Crippen LogP contribution in [0.4, 0.5) is 0 Å². The maximum atomic E-state index is 12.5. The number of benzene rings is 2. The molecular weight excluding hydrogens is 392 g/mol. The second-order valence-electron chi connectivity index (χ2n) is 8.11. The van der Waals surface area contributed by atoms with Crippen LogP contribution >= 0.6 is 0 Å². The van der Waals surface area contributed by atoms with Gasteiger partial charge in [-0.15, -0.1) is 0 Å². The first kappa shape index (κ1) is 22.8. The van der Waals surface area contributed by atoms with Gasteiger partial charge in [0.2, 0.25) is 5.91 Å². The van der Waals surface area contributed by atoms with E-state index < -0.39 is 0 Å². The largest absolute Gasteiger partial charge is 0.494 e. The SMILES string of the molecule is CCOc1ccc(C2(CNC(=O)CNC(=O)c3ccc(C)c(C)c3)CCOCC2)cc1. The lowest BCUT2D eigenvalue weighted by Gasteiger charge is -2.38. The lowest BCUT2D eigenvalue weighted by atomic mass is 9.74. The van der Waals surface area contributed by atoms with Crippen LogP contribution in [-0.4, -0.2) is 44.7 Å². The highest BCUT2D eigenvalue weighted by Crippen LogP contribution is 2.35. The Morgan fingerprint density at radius 3 is 2.35 bits per heavy atom. The third-order valence-electron chi connectivity index (χ3n) is 6.03. The number of rotatable bonds is 8. The van der Waals surface area contributed by atoms with Crippen molar-refractivity contribution in [3.8, 4) is 5.75 Å². The molecule has 1 heterocycles. The van der Waals surface area contributed by atoms with Gasteiger partial charge in [-0.3, -0.25) is 9.59 Å². The van der Waals surface area contributed by atoms with Crippen molar-refractivity contribution < 1.29 is 19.1 Å². The van der Waals surface area contributed by atoms with Crippen molar-refractivity contribution in [1.29, 1.82) is 0 Å². The standard InChI is InChI=1S/C25H32N2O4/c1-4-31-22-9-7-21(8-10-22)25(11-13-30-14-12-25)17-27-23(28)16-26-24(29)20-6-5-18(2)19(3)15-20/h5-10,15H,4,11-14,16-17H2,1-3H3,(H,26,29)(H,27,28). The average Bonchev–Trinajstić information content (AvgIpc) is 2.79. The van der Waals surface area contributed by atoms with Gasteiger partial charge in [0.05, 0.1) is 13.2 Å². The molecular formula is C25H32N2O4. The molecule has 0 aromatic heterocycles. The second-order valence-corrected chi connectivity index (χ2v) is 8.11. The number of nitrogens with one attached hydrogen (secondary N) is 2. The zero-order chi connectivity index (χ0) is 22.3. The van der Waals surface area contributed by atoms with Crippen LogP contribution in [-0.2, 0) is 14.9 Å². The molecule has 1 fully saturated rings. The molecule has 0 saturated carbocycles. The quantitative estimate of drug-likeness (QED) is 0.682. The second kappa shape index (κ2) is 10.4. The molecule has 2 amide bonds. The molecule has 0 aliphatic carbocycles. The van der Waals surface area contributed by atoms with Crippen LogP contribution in [0.2, 0.25) is 0 Å². The summed E-state index contributed by atoms with van der Waals surface area (Å²) in [5, 5.41) is 5.73. The lowest BCUT2D eigenvalue weighted by molar-refractivity contribution is -0.120. The molecule has 1 aliphatic rings. The van der Waals surface area contributed by atoms with Gasteiger partial charge >= 0.3 is 0 Å². The Kier molecular flexibility index (Phi) is 7.69. The van der Waals surface area contributed by atoms with Crippen molar-refractivity contribution in [2.75, 3.05) is 32.9 Å². The van der Waals surface area contributed by atoms with E-state index in [0.717, 1.165) is 29.7 Å². The van der Waals surface area contributed by atoms with E-state index in [9.17, 15) is 9.59 Å². The lowest BCUT2D eigenvalue weighted by Crippen LogP contribution is -2.47. The number of hydrogen-bond donors (Lipinski definition) is 2. The van der Waals surface area contributed by atoms with E-state index in [2.05, 4.69) is 22.8 Å². The first-order valence-electron chi connectivity index (χ1n) is 10.9. The van der Waals surface area contributed by atoms with E-state index in [-0.39, 0.29) is 23.8 Å². The summed E-state index contributed by atoms with van der Waals surface area (Å²) < 4.78 is 11.1. The fourth-order valence-electron chi connectivity index (χ4n) is 3.88. The molecule has 0 radical (unpaired) electrons. The van der Waals surface area contributed by atoms with E-state index in [4.69, 9.17) is 9.47 Å². The van der Waals surface area contributed by atoms with E-state index in [0.29, 0.717) is 31.9 Å². The molecule has 0 bridgehead atoms. The van der Waals surface area contributed by atoms with E-state index in [1.54, 1.807) is 6.07 Å². The van der Waals surface area contributed by atoms with E-state index >= 15 is 0 Å². The summed E-state index contributed by atoms with van der Waals surface area (Å²) in [4.78, 5) is 24.8. The average molecular weight is 425 g/mol. The Labute approximate surface area is 184 Å². The van der Waals surface area contributed by atoms with Crippen LogP contribution in [0.15, 0.2) is 42.5 Å². The van der Waals surface area contributed by atoms with Crippen LogP contribution in [0.25, 0.3) is 0 Å². The Balaban J connectivity index is 1.58. The zero-order valence-corrected chi connectivity index (χ0v) is 18.6. The predicted molar refractivity (Wildman–Crippen MR) is 121 cm³/mol. The third-order valence-corrected chi connectivity index (χ3v) is 6.03. The molecule has 31 heavy (non-hydrogen) atoms. The molecule has 3 rings (SSSR count). The monoisotopic (exact) mass is 424 g/mol. The van der Waals surface area contributed by atoms with E-state index in [1.807, 2.05) is 45.0 Å². The van der Waals surface area contributed by atoms with Gasteiger partial charge in [-0.05, 0) is 74.6 Å². The Hall–Kier alpha value is -2.86. The molecule has 2 aromatic carbocycles. The minimum Gasteiger partial charge on any atom is -0.494 e. The fraction of sp³-hybridized carbons (Fsp3) is 0.440. The van der Waals surface area contributed by atoms with Crippen LogP contribution in [0, 0.1) is 13.8 Å². The first-order chi connectivity index (χ1) is 14.9. The summed E-state index contributed by atoms with van der Waals surface area (Å²) in [5.74, 6) is 0.395. The van der Waals surface area contributed by atoms with Crippen molar-refractivity contribution in [3.05, 3.63) is 64.7 Å². The molecule has 0 spiro atoms. The number of amides is 2. The van der Waals surface area contributed by atoms with Gasteiger partial charge in [-0.25, -0.2) is 0 Å². The fourth-order valence-corrected chi connectivity index (χ4v) is 3.88. The summed E-state index contributed by atoms with van der Waals surface area (Å²) in [6.07, 6.45) is 1.66. The van der Waals surface area contributed by atoms with Crippen molar-refractivity contribution in [1.82, 2.24) is 10.6 Å². The van der Waals surface area contributed by atoms with Gasteiger partial charge < -0.3 is 20.1 Å². The molecule has 166 valence electrons. The van der Waals surface area contributed by atoms with Crippen LogP contribution in [0.3, 0.4) is 0 Å². The summed E-state index contributed by atoms with van der Waals surface area (Å²) in [6.45, 7) is 8.32. The predicted octanol–water partition coefficient (Wildman–Crippen LogP) is 3.30. The summed E-state index contributed by atoms with van der Waals surface area (Å²) >= 11 is 0. The van der Waals surface area contributed by atoms with Crippen LogP contribution in [0.5, 0.6) is 5.75 Å². The van der Waals surface area contributed by atoms with Gasteiger partial charge in [0.25, 0.3) is 5.91 Å². The highest BCUT2D eigenvalue weighted by molar-refractivity contribution is 5.96. The van der Waals surface area contributed by atoms with Gasteiger partial charge in [0.15, 0.2) is 0 Å². The summed E-state index contributed by atoms with van der Waals surface area (Å²) in [7, 11) is 0. The normalized spacial score (nSPS) is 15.2. The summed E-state index contributed by atoms with van der Waals surface area (Å²) in [6, 6.07) is 13.6. The molecule has 6 nitrogen and oxygen atoms in total. The van der Waals surface area contributed by atoms with Gasteiger partial charge in [0.1, 0.15) is 5.75 Å². The molecule has 2 aromatic rings. The third kappa shape index (κ3) is 5.85. The van der Waals surface area contributed by atoms with Crippen molar-refractivity contribution >= 4 is 11.8 Å². The zero-order valence-electron chi connectivity index (χ0n) is 18.6. The van der Waals surface area contributed by atoms with Gasteiger partial charge in [-0.2, -0.15) is 0 Å². The number of ether oxygens (including phenoxy) is 2. The maximum Gasteiger partial charge on any atom is 0.251 e. The number of aryl methyl sites for hydroxylation is 2. The number of carbonyl (C=O) groups is 2. The van der Waals surface area contributed by atoms with Gasteiger partial charge in [-0.1, -0.05) is 18.2 Å². The maximum absolute atomic E-state index is 12.5. The topological polar surface area (TPSA) is 76.7 Å². The van der Waals surface area contributed by atoms with E-state index in [1.165, 1.54) is 5.56 Å². The molecule has 0 atom stereocenters. The Morgan fingerprint density at radius 1 is 1.00 bits per heavy atom. The Morgan fingerprint density at radius 2 is 1.71 bits per heavy atom. The first-order valence-corrected chi connectivity index (χ1v) is 10.9. The minimum atomic E-state index is -0.245. The molecule has 0 unspecified atom stereocenters. The summed E-state index contributed by atoms with van der Waals surface area (Å²) in [5.41, 5.74) is 3.72. The highest BCUT2D eigenvalue weighted by Gasteiger charge is 2.34. The molecule has 1 aliphatic heterocycles. The van der Waals surface area contributed by atoms with Crippen molar-refractivity contribution in [2.45, 2.75) is 39.0 Å². The number of hydrogen-bond acceptors (Lipinski definition) is 4. The molecule has 6 heteroatoms. The van der Waals surface area contributed by atoms with Crippen LogP contribution < -0.4 is 15.4 Å². The minimum absolute atomic E-state index is 0.0540. The van der Waals surface area contributed by atoms with Crippen molar-refractivity contribution in [2.24, 2.45) is 0 Å². The highest BCUT2D eigenvalue weighted by atomic mass is 16.5. The van der Waals surface area contributed by atoms with Crippen LogP contribution in [0.1, 0.15) is 46.8 Å². The smallest absolute Gasteiger partial charge is 0.251 e. The molecule has 2 N–H and O–H groups in total. The van der Waals surface area contributed by atoms with Crippen molar-refractivity contribution in [3.63, 3.8) is 0 Å². The molecule has 1 saturated heterocycles. The van der Waals surface area contributed by atoms with Gasteiger partial charge in [0, 0.05) is 30.7 Å². The number of carbonyl (C=O) groups excluding carboxylic acids is 2.